The number of rotatable bonds is 6. The summed E-state index contributed by atoms with van der Waals surface area (Å²) in [4.78, 5) is 16.5. The molecule has 4 nitrogen and oxygen atoms in total. The zero-order valence-electron chi connectivity index (χ0n) is 12.6. The van der Waals surface area contributed by atoms with Crippen LogP contribution in [0.2, 0.25) is 0 Å². The molecule has 0 aliphatic heterocycles. The molecule has 0 saturated carbocycles. The van der Waals surface area contributed by atoms with Crippen LogP contribution in [0.1, 0.15) is 44.5 Å². The number of hydrogen-bond donors (Lipinski definition) is 2. The van der Waals surface area contributed by atoms with Gasteiger partial charge in [-0.1, -0.05) is 27.7 Å². The second-order valence-electron chi connectivity index (χ2n) is 5.72. The summed E-state index contributed by atoms with van der Waals surface area (Å²) < 4.78 is 0. The lowest BCUT2D eigenvalue weighted by Gasteiger charge is -2.31. The normalized spacial score (nSPS) is 13.1. The van der Waals surface area contributed by atoms with E-state index in [0.717, 1.165) is 10.8 Å². The van der Waals surface area contributed by atoms with Crippen LogP contribution < -0.4 is 5.32 Å². The van der Waals surface area contributed by atoms with Crippen LogP contribution in [-0.4, -0.2) is 34.4 Å². The summed E-state index contributed by atoms with van der Waals surface area (Å²) in [5, 5.41) is 13.0. The number of aliphatic hydroxyl groups is 1. The Balaban J connectivity index is 2.81. The summed E-state index contributed by atoms with van der Waals surface area (Å²) in [6.07, 6.45) is 2.21. The van der Waals surface area contributed by atoms with Crippen molar-refractivity contribution in [1.29, 1.82) is 0 Å². The molecule has 0 radical (unpaired) electrons. The van der Waals surface area contributed by atoms with Gasteiger partial charge in [0.15, 0.2) is 0 Å². The van der Waals surface area contributed by atoms with Crippen LogP contribution in [-0.2, 0) is 0 Å². The van der Waals surface area contributed by atoms with Crippen LogP contribution in [0.15, 0.2) is 23.4 Å². The van der Waals surface area contributed by atoms with E-state index < -0.39 is 0 Å². The molecule has 0 aliphatic rings. The molecule has 2 N–H and O–H groups in total. The molecule has 0 saturated heterocycles. The van der Waals surface area contributed by atoms with Crippen molar-refractivity contribution in [3.63, 3.8) is 0 Å². The highest BCUT2D eigenvalue weighted by atomic mass is 32.2. The highest BCUT2D eigenvalue weighted by Gasteiger charge is 2.26. The second-order valence-corrected chi connectivity index (χ2v) is 7.00. The van der Waals surface area contributed by atoms with Crippen molar-refractivity contribution in [2.45, 2.75) is 45.2 Å². The van der Waals surface area contributed by atoms with E-state index in [-0.39, 0.29) is 24.0 Å². The molecule has 0 aromatic carbocycles. The molecule has 0 aliphatic carbocycles. The van der Waals surface area contributed by atoms with E-state index in [2.05, 4.69) is 38.0 Å². The van der Waals surface area contributed by atoms with Crippen molar-refractivity contribution in [2.75, 3.05) is 12.4 Å². The van der Waals surface area contributed by atoms with E-state index in [4.69, 9.17) is 5.11 Å². The summed E-state index contributed by atoms with van der Waals surface area (Å²) in [5.74, 6) is 0.812. The predicted molar refractivity (Wildman–Crippen MR) is 83.0 cm³/mol. The van der Waals surface area contributed by atoms with Gasteiger partial charge in [-0.2, -0.15) is 0 Å². The Bertz CT molecular complexity index is 444. The van der Waals surface area contributed by atoms with E-state index in [9.17, 15) is 4.79 Å². The van der Waals surface area contributed by atoms with Gasteiger partial charge in [-0.25, -0.2) is 4.98 Å². The maximum atomic E-state index is 12.3. The third kappa shape index (κ3) is 5.13. The average Bonchev–Trinajstić information content (AvgIpc) is 2.38. The van der Waals surface area contributed by atoms with Crippen molar-refractivity contribution in [3.8, 4) is 0 Å². The minimum absolute atomic E-state index is 0.0598. The molecule has 0 bridgehead atoms. The third-order valence-electron chi connectivity index (χ3n) is 3.06. The van der Waals surface area contributed by atoms with Gasteiger partial charge < -0.3 is 10.4 Å². The fourth-order valence-corrected chi connectivity index (χ4v) is 2.51. The fraction of sp³-hybridized carbons (Fsp3) is 0.600. The number of carbonyl (C=O) groups is 1. The molecule has 5 heteroatoms. The molecule has 1 unspecified atom stereocenters. The number of aliphatic hydroxyl groups excluding tert-OH is 1. The van der Waals surface area contributed by atoms with Gasteiger partial charge in [0.25, 0.3) is 5.91 Å². The zero-order chi connectivity index (χ0) is 15.2. The first-order valence-corrected chi connectivity index (χ1v) is 7.87. The van der Waals surface area contributed by atoms with E-state index >= 15 is 0 Å². The molecule has 1 amide bonds. The molecule has 1 aromatic heterocycles. The van der Waals surface area contributed by atoms with Crippen molar-refractivity contribution < 1.29 is 9.90 Å². The lowest BCUT2D eigenvalue weighted by atomic mass is 9.85. The molecule has 1 aromatic rings. The SMILES string of the molecule is CCSc1cc(C(=O)NC(CCO)C(C)(C)C)ccn1. The van der Waals surface area contributed by atoms with Crippen LogP contribution in [0.25, 0.3) is 0 Å². The monoisotopic (exact) mass is 296 g/mol. The lowest BCUT2D eigenvalue weighted by Crippen LogP contribution is -2.44. The van der Waals surface area contributed by atoms with Crippen LogP contribution in [0, 0.1) is 5.41 Å². The second kappa shape index (κ2) is 7.64. The number of nitrogens with one attached hydrogen (secondary N) is 1. The predicted octanol–water partition coefficient (Wildman–Crippen LogP) is 2.72. The van der Waals surface area contributed by atoms with Crippen molar-refractivity contribution in [3.05, 3.63) is 23.9 Å². The number of aromatic nitrogens is 1. The van der Waals surface area contributed by atoms with Gasteiger partial charge in [-0.3, -0.25) is 4.79 Å². The van der Waals surface area contributed by atoms with E-state index in [1.54, 1.807) is 24.0 Å². The summed E-state index contributed by atoms with van der Waals surface area (Å²) >= 11 is 1.61. The summed E-state index contributed by atoms with van der Waals surface area (Å²) in [6.45, 7) is 8.28. The molecule has 1 atom stereocenters. The first-order chi connectivity index (χ1) is 9.38. The highest BCUT2D eigenvalue weighted by molar-refractivity contribution is 7.99. The largest absolute Gasteiger partial charge is 0.396 e. The Morgan fingerprint density at radius 3 is 2.75 bits per heavy atom. The zero-order valence-corrected chi connectivity index (χ0v) is 13.5. The minimum atomic E-state index is -0.112. The number of carbonyl (C=O) groups excluding carboxylic acids is 1. The minimum Gasteiger partial charge on any atom is -0.396 e. The molecule has 112 valence electrons. The van der Waals surface area contributed by atoms with Gasteiger partial charge in [0.1, 0.15) is 0 Å². The quantitative estimate of drug-likeness (QED) is 0.792. The van der Waals surface area contributed by atoms with Crippen molar-refractivity contribution in [2.24, 2.45) is 5.41 Å². The van der Waals surface area contributed by atoms with Gasteiger partial charge in [-0.05, 0) is 29.7 Å². The fourth-order valence-electron chi connectivity index (χ4n) is 1.87. The molecular formula is C15H24N2O2S. The van der Waals surface area contributed by atoms with Gasteiger partial charge in [0.05, 0.1) is 5.03 Å². The van der Waals surface area contributed by atoms with Crippen LogP contribution in [0.5, 0.6) is 0 Å². The molecule has 1 heterocycles. The van der Waals surface area contributed by atoms with Crippen LogP contribution >= 0.6 is 11.8 Å². The molecule has 0 fully saturated rings. The summed E-state index contributed by atoms with van der Waals surface area (Å²) in [6, 6.07) is 3.46. The number of amides is 1. The average molecular weight is 296 g/mol. The van der Waals surface area contributed by atoms with E-state index in [1.165, 1.54) is 0 Å². The maximum absolute atomic E-state index is 12.3. The Kier molecular flexibility index (Phi) is 6.49. The first kappa shape index (κ1) is 17.0. The molecule has 20 heavy (non-hydrogen) atoms. The Morgan fingerprint density at radius 2 is 2.20 bits per heavy atom. The van der Waals surface area contributed by atoms with Crippen LogP contribution in [0.4, 0.5) is 0 Å². The number of nitrogens with zero attached hydrogens (tertiary/aromatic N) is 1. The third-order valence-corrected chi connectivity index (χ3v) is 3.87. The number of pyridine rings is 1. The standard InChI is InChI=1S/C15H24N2O2S/c1-5-20-13-10-11(6-8-16-13)14(19)17-12(7-9-18)15(2,3)4/h6,8,10,12,18H,5,7,9H2,1-4H3,(H,17,19). The number of hydrogen-bond acceptors (Lipinski definition) is 4. The van der Waals surface area contributed by atoms with E-state index in [1.807, 2.05) is 6.07 Å². The van der Waals surface area contributed by atoms with Gasteiger partial charge in [-0.15, -0.1) is 11.8 Å². The summed E-state index contributed by atoms with van der Waals surface area (Å²) in [7, 11) is 0. The van der Waals surface area contributed by atoms with Crippen molar-refractivity contribution >= 4 is 17.7 Å². The Morgan fingerprint density at radius 1 is 1.50 bits per heavy atom. The highest BCUT2D eigenvalue weighted by Crippen LogP contribution is 2.22. The summed E-state index contributed by atoms with van der Waals surface area (Å²) in [5.41, 5.74) is 0.523. The Hall–Kier alpha value is -1.07. The van der Waals surface area contributed by atoms with E-state index in [0.29, 0.717) is 12.0 Å². The molecular weight excluding hydrogens is 272 g/mol. The van der Waals surface area contributed by atoms with Gasteiger partial charge >= 0.3 is 0 Å². The topological polar surface area (TPSA) is 62.2 Å². The first-order valence-electron chi connectivity index (χ1n) is 6.89. The van der Waals surface area contributed by atoms with Gasteiger partial charge in [0, 0.05) is 24.4 Å². The maximum Gasteiger partial charge on any atom is 0.251 e. The molecule has 0 spiro atoms. The smallest absolute Gasteiger partial charge is 0.251 e. The van der Waals surface area contributed by atoms with Gasteiger partial charge in [0.2, 0.25) is 0 Å². The lowest BCUT2D eigenvalue weighted by molar-refractivity contribution is 0.0885. The van der Waals surface area contributed by atoms with Crippen molar-refractivity contribution in [1.82, 2.24) is 10.3 Å². The van der Waals surface area contributed by atoms with Crippen LogP contribution in [0.3, 0.4) is 0 Å². The molecule has 1 rings (SSSR count). The number of thioether (sulfide) groups is 1. The Labute approximate surface area is 125 Å².